The molecule has 7 nitrogen and oxygen atoms in total. The number of urea groups is 1. The van der Waals surface area contributed by atoms with E-state index in [2.05, 4.69) is 37.0 Å². The molecule has 0 aliphatic heterocycles. The molecule has 4 rings (SSSR count). The van der Waals surface area contributed by atoms with Gasteiger partial charge in [0.1, 0.15) is 5.82 Å². The Morgan fingerprint density at radius 2 is 1.88 bits per heavy atom. The Bertz CT molecular complexity index is 1230. The molecule has 4 aromatic rings. The van der Waals surface area contributed by atoms with Gasteiger partial charge >= 0.3 is 6.03 Å². The molecule has 32 heavy (non-hydrogen) atoms. The minimum absolute atomic E-state index is 0.0800. The number of nitrogens with zero attached hydrogens (tertiary/aromatic N) is 3. The maximum absolute atomic E-state index is 12.2. The van der Waals surface area contributed by atoms with Crippen LogP contribution in [0.2, 0.25) is 5.02 Å². The number of rotatable bonds is 7. The third kappa shape index (κ3) is 5.03. The number of fused-ring (bicyclic) bond motifs is 1. The molecule has 2 aromatic carbocycles. The van der Waals surface area contributed by atoms with Gasteiger partial charge in [0.05, 0.1) is 22.4 Å². The second-order valence-corrected chi connectivity index (χ2v) is 8.46. The Labute approximate surface area is 199 Å². The molecule has 2 aromatic heterocycles. The summed E-state index contributed by atoms with van der Waals surface area (Å²) < 4.78 is 2.49. The molecular formula is C23H22BrClN6O. The summed E-state index contributed by atoms with van der Waals surface area (Å²) >= 11 is 9.87. The number of benzene rings is 2. The molecule has 0 saturated heterocycles. The van der Waals surface area contributed by atoms with Crippen LogP contribution in [0, 0.1) is 0 Å². The van der Waals surface area contributed by atoms with Gasteiger partial charge in [-0.3, -0.25) is 0 Å². The van der Waals surface area contributed by atoms with Crippen LogP contribution >= 0.6 is 27.5 Å². The maximum Gasteiger partial charge on any atom is 0.315 e. The summed E-state index contributed by atoms with van der Waals surface area (Å²) in [5.74, 6) is 0.746. The Morgan fingerprint density at radius 3 is 2.66 bits per heavy atom. The zero-order chi connectivity index (χ0) is 22.5. The fourth-order valence-electron chi connectivity index (χ4n) is 3.31. The lowest BCUT2D eigenvalue weighted by atomic mass is 10.1. The molecule has 0 bridgehead atoms. The molecule has 0 fully saturated rings. The number of halogens is 2. The van der Waals surface area contributed by atoms with Crippen molar-refractivity contribution in [2.45, 2.75) is 13.0 Å². The lowest BCUT2D eigenvalue weighted by Crippen LogP contribution is -2.39. The smallest absolute Gasteiger partial charge is 0.315 e. The van der Waals surface area contributed by atoms with Gasteiger partial charge in [-0.15, -0.1) is 0 Å². The zero-order valence-electron chi connectivity index (χ0n) is 17.3. The van der Waals surface area contributed by atoms with Crippen molar-refractivity contribution >= 4 is 45.0 Å². The van der Waals surface area contributed by atoms with E-state index in [-0.39, 0.29) is 12.1 Å². The van der Waals surface area contributed by atoms with Crippen molar-refractivity contribution in [1.82, 2.24) is 25.2 Å². The van der Waals surface area contributed by atoms with Crippen LogP contribution in [0.4, 0.5) is 10.6 Å². The molecule has 0 aliphatic carbocycles. The van der Waals surface area contributed by atoms with Crippen LogP contribution in [0.5, 0.6) is 0 Å². The van der Waals surface area contributed by atoms with Gasteiger partial charge < -0.3 is 16.0 Å². The summed E-state index contributed by atoms with van der Waals surface area (Å²) in [6, 6.07) is 19.0. The van der Waals surface area contributed by atoms with Crippen LogP contribution in [-0.2, 0) is 0 Å². The lowest BCUT2D eigenvalue weighted by Gasteiger charge is -2.15. The Balaban J connectivity index is 1.41. The van der Waals surface area contributed by atoms with Crippen molar-refractivity contribution in [2.75, 3.05) is 18.4 Å². The Kier molecular flexibility index (Phi) is 6.92. The minimum atomic E-state index is -0.221. The SMILES string of the molecule is C[C@@H](NC(=O)NCCNc1cc(-c2ccccc2Cl)nc2c(Br)cnn12)c1ccccc1. The number of hydrogen-bond acceptors (Lipinski definition) is 4. The molecule has 0 unspecified atom stereocenters. The lowest BCUT2D eigenvalue weighted by molar-refractivity contribution is 0.238. The van der Waals surface area contributed by atoms with Gasteiger partial charge in [0.2, 0.25) is 0 Å². The van der Waals surface area contributed by atoms with E-state index >= 15 is 0 Å². The molecule has 0 saturated carbocycles. The number of carbonyl (C=O) groups is 1. The molecule has 9 heteroatoms. The number of aromatic nitrogens is 3. The predicted octanol–water partition coefficient (Wildman–Crippen LogP) is 5.28. The second-order valence-electron chi connectivity index (χ2n) is 7.19. The van der Waals surface area contributed by atoms with Crippen LogP contribution < -0.4 is 16.0 Å². The van der Waals surface area contributed by atoms with Crippen molar-refractivity contribution in [3.05, 3.63) is 81.9 Å². The highest BCUT2D eigenvalue weighted by molar-refractivity contribution is 9.10. The van der Waals surface area contributed by atoms with Crippen LogP contribution in [0.25, 0.3) is 16.9 Å². The number of anilines is 1. The number of hydrogen-bond donors (Lipinski definition) is 3. The monoisotopic (exact) mass is 512 g/mol. The molecule has 2 heterocycles. The van der Waals surface area contributed by atoms with Gasteiger partial charge in [-0.2, -0.15) is 9.61 Å². The summed E-state index contributed by atoms with van der Waals surface area (Å²) in [6.45, 7) is 2.89. The summed E-state index contributed by atoms with van der Waals surface area (Å²) in [5.41, 5.74) is 3.29. The first-order chi connectivity index (χ1) is 15.5. The van der Waals surface area contributed by atoms with E-state index < -0.39 is 0 Å². The van der Waals surface area contributed by atoms with Crippen molar-refractivity contribution < 1.29 is 4.79 Å². The van der Waals surface area contributed by atoms with Crippen molar-refractivity contribution in [3.8, 4) is 11.3 Å². The first kappa shape index (κ1) is 22.1. The molecule has 0 aliphatic rings. The quantitative estimate of drug-likeness (QED) is 0.293. The minimum Gasteiger partial charge on any atom is -0.368 e. The maximum atomic E-state index is 12.2. The van der Waals surface area contributed by atoms with E-state index in [0.29, 0.717) is 23.8 Å². The zero-order valence-corrected chi connectivity index (χ0v) is 19.7. The first-order valence-corrected chi connectivity index (χ1v) is 11.3. The normalized spacial score (nSPS) is 11.8. The largest absolute Gasteiger partial charge is 0.368 e. The predicted molar refractivity (Wildman–Crippen MR) is 131 cm³/mol. The Morgan fingerprint density at radius 1 is 1.12 bits per heavy atom. The summed E-state index contributed by atoms with van der Waals surface area (Å²) in [6.07, 6.45) is 1.69. The average Bonchev–Trinajstić information content (AvgIpc) is 3.18. The standard InChI is InChI=1S/C23H22BrClN6O/c1-15(16-7-3-2-4-8-16)29-23(32)27-12-11-26-21-13-20(17-9-5-6-10-19(17)25)30-22-18(24)14-28-31(21)22/h2-10,13-15,26H,11-12H2,1H3,(H2,27,29,32)/t15-/m1/s1. The average molecular weight is 514 g/mol. The fourth-order valence-corrected chi connectivity index (χ4v) is 3.89. The number of amides is 2. The molecule has 0 spiro atoms. The Hall–Kier alpha value is -3.10. The highest BCUT2D eigenvalue weighted by atomic mass is 79.9. The van der Waals surface area contributed by atoms with E-state index in [9.17, 15) is 4.79 Å². The molecule has 3 N–H and O–H groups in total. The number of nitrogens with one attached hydrogen (secondary N) is 3. The summed E-state index contributed by atoms with van der Waals surface area (Å²) in [5, 5.41) is 14.1. The van der Waals surface area contributed by atoms with Crippen LogP contribution in [0.3, 0.4) is 0 Å². The van der Waals surface area contributed by atoms with Gasteiger partial charge in [-0.1, -0.05) is 60.1 Å². The third-order valence-corrected chi connectivity index (χ3v) is 5.83. The van der Waals surface area contributed by atoms with Crippen LogP contribution in [0.1, 0.15) is 18.5 Å². The topological polar surface area (TPSA) is 83.4 Å². The molecule has 2 amide bonds. The molecule has 1 atom stereocenters. The van der Waals surface area contributed by atoms with E-state index in [1.54, 1.807) is 10.7 Å². The first-order valence-electron chi connectivity index (χ1n) is 10.2. The van der Waals surface area contributed by atoms with Gasteiger partial charge in [0, 0.05) is 29.7 Å². The third-order valence-electron chi connectivity index (χ3n) is 4.94. The molecular weight excluding hydrogens is 492 g/mol. The van der Waals surface area contributed by atoms with E-state index in [4.69, 9.17) is 16.6 Å². The van der Waals surface area contributed by atoms with E-state index in [1.165, 1.54) is 0 Å². The van der Waals surface area contributed by atoms with Crippen molar-refractivity contribution in [2.24, 2.45) is 0 Å². The molecule has 0 radical (unpaired) electrons. The van der Waals surface area contributed by atoms with Gasteiger partial charge in [-0.25, -0.2) is 9.78 Å². The fraction of sp³-hybridized carbons (Fsp3) is 0.174. The van der Waals surface area contributed by atoms with E-state index in [1.807, 2.05) is 67.6 Å². The highest BCUT2D eigenvalue weighted by Crippen LogP contribution is 2.30. The van der Waals surface area contributed by atoms with Gasteiger partial charge in [0.15, 0.2) is 5.65 Å². The highest BCUT2D eigenvalue weighted by Gasteiger charge is 2.13. The van der Waals surface area contributed by atoms with Crippen molar-refractivity contribution in [1.29, 1.82) is 0 Å². The van der Waals surface area contributed by atoms with Crippen LogP contribution in [0.15, 0.2) is 71.3 Å². The van der Waals surface area contributed by atoms with Gasteiger partial charge in [-0.05, 0) is 34.5 Å². The van der Waals surface area contributed by atoms with Gasteiger partial charge in [0.25, 0.3) is 0 Å². The van der Waals surface area contributed by atoms with E-state index in [0.717, 1.165) is 27.1 Å². The number of carbonyl (C=O) groups excluding carboxylic acids is 1. The van der Waals surface area contributed by atoms with Crippen LogP contribution in [-0.4, -0.2) is 33.7 Å². The van der Waals surface area contributed by atoms with Crippen molar-refractivity contribution in [3.63, 3.8) is 0 Å². The summed E-state index contributed by atoms with van der Waals surface area (Å²) in [7, 11) is 0. The summed E-state index contributed by atoms with van der Waals surface area (Å²) in [4.78, 5) is 16.9. The second kappa shape index (κ2) is 10.0. The molecule has 164 valence electrons.